The Labute approximate surface area is 172 Å². The van der Waals surface area contributed by atoms with Gasteiger partial charge in [0.1, 0.15) is 5.75 Å². The van der Waals surface area contributed by atoms with Crippen LogP contribution in [0, 0.1) is 19.8 Å². The number of carbonyl (C=O) groups excluding carboxylic acids is 1. The summed E-state index contributed by atoms with van der Waals surface area (Å²) in [6, 6.07) is 17.1. The zero-order chi connectivity index (χ0) is 21.0. The topological polar surface area (TPSA) is 47.4 Å². The van der Waals surface area contributed by atoms with Crippen LogP contribution in [0.5, 0.6) is 5.75 Å². The van der Waals surface area contributed by atoms with E-state index in [1.807, 2.05) is 80.2 Å². The van der Waals surface area contributed by atoms with Crippen LogP contribution in [0.4, 0.5) is 5.69 Å². The zero-order valence-electron chi connectivity index (χ0n) is 17.8. The highest BCUT2D eigenvalue weighted by atomic mass is 16.5. The molecule has 5 nitrogen and oxygen atoms in total. The molecule has 3 rings (SSSR count). The maximum Gasteiger partial charge on any atom is 0.258 e. The van der Waals surface area contributed by atoms with E-state index in [-0.39, 0.29) is 5.91 Å². The predicted molar refractivity (Wildman–Crippen MR) is 116 cm³/mol. The second kappa shape index (κ2) is 8.95. The van der Waals surface area contributed by atoms with Crippen molar-refractivity contribution in [2.45, 2.75) is 34.2 Å². The van der Waals surface area contributed by atoms with Crippen molar-refractivity contribution in [2.24, 2.45) is 13.0 Å². The number of hydrogen-bond donors (Lipinski definition) is 0. The maximum absolute atomic E-state index is 13.4. The Kier molecular flexibility index (Phi) is 6.37. The lowest BCUT2D eigenvalue weighted by Gasteiger charge is -2.23. The summed E-state index contributed by atoms with van der Waals surface area (Å²) in [5, 5.41) is 4.50. The molecule has 1 heterocycles. The van der Waals surface area contributed by atoms with Gasteiger partial charge in [0, 0.05) is 29.6 Å². The molecule has 0 aliphatic heterocycles. The van der Waals surface area contributed by atoms with Gasteiger partial charge < -0.3 is 9.64 Å². The molecule has 1 amide bonds. The van der Waals surface area contributed by atoms with Gasteiger partial charge >= 0.3 is 0 Å². The fourth-order valence-corrected chi connectivity index (χ4v) is 3.21. The number of ether oxygens (including phenoxy) is 1. The summed E-state index contributed by atoms with van der Waals surface area (Å²) in [5.74, 6) is 1.19. The van der Waals surface area contributed by atoms with Gasteiger partial charge in [-0.15, -0.1) is 0 Å². The number of aryl methyl sites for hydroxylation is 2. The molecule has 0 saturated heterocycles. The third-order valence-corrected chi connectivity index (χ3v) is 4.97. The van der Waals surface area contributed by atoms with Crippen LogP contribution in [-0.4, -0.2) is 22.3 Å². The van der Waals surface area contributed by atoms with E-state index in [2.05, 4.69) is 18.9 Å². The summed E-state index contributed by atoms with van der Waals surface area (Å²) in [4.78, 5) is 15.2. The molecule has 1 aromatic heterocycles. The van der Waals surface area contributed by atoms with Gasteiger partial charge in [-0.2, -0.15) is 5.10 Å². The number of nitrogens with zero attached hydrogens (tertiary/aromatic N) is 3. The summed E-state index contributed by atoms with van der Waals surface area (Å²) in [5.41, 5.74) is 4.57. The number of rotatable bonds is 7. The van der Waals surface area contributed by atoms with Crippen LogP contribution < -0.4 is 9.64 Å². The minimum absolute atomic E-state index is 0.0470. The Morgan fingerprint density at radius 2 is 1.72 bits per heavy atom. The Bertz CT molecular complexity index is 960. The molecule has 0 saturated carbocycles. The first-order valence-corrected chi connectivity index (χ1v) is 9.95. The van der Waals surface area contributed by atoms with Crippen LogP contribution in [0.2, 0.25) is 0 Å². The number of para-hydroxylation sites is 1. The van der Waals surface area contributed by atoms with Gasteiger partial charge in [-0.3, -0.25) is 9.48 Å². The van der Waals surface area contributed by atoms with Crippen LogP contribution in [0.15, 0.2) is 54.6 Å². The summed E-state index contributed by atoms with van der Waals surface area (Å²) >= 11 is 0. The van der Waals surface area contributed by atoms with Crippen LogP contribution in [0.1, 0.15) is 41.2 Å². The fraction of sp³-hybridized carbons (Fsp3) is 0.333. The van der Waals surface area contributed by atoms with Crippen LogP contribution in [0.25, 0.3) is 0 Å². The molecule has 3 aromatic rings. The average molecular weight is 392 g/mol. The summed E-state index contributed by atoms with van der Waals surface area (Å²) in [7, 11) is 1.93. The molecule has 0 N–H and O–H groups in total. The lowest BCUT2D eigenvalue weighted by atomic mass is 10.1. The number of hydrogen-bond acceptors (Lipinski definition) is 3. The lowest BCUT2D eigenvalue weighted by molar-refractivity contribution is 0.0985. The average Bonchev–Trinajstić information content (AvgIpc) is 2.96. The van der Waals surface area contributed by atoms with Crippen molar-refractivity contribution in [1.29, 1.82) is 0 Å². The number of aromatic nitrogens is 2. The van der Waals surface area contributed by atoms with Crippen LogP contribution in [0.3, 0.4) is 0 Å². The van der Waals surface area contributed by atoms with Crippen molar-refractivity contribution in [3.8, 4) is 5.75 Å². The smallest absolute Gasteiger partial charge is 0.258 e. The summed E-state index contributed by atoms with van der Waals surface area (Å²) in [6.45, 7) is 9.36. The largest absolute Gasteiger partial charge is 0.493 e. The third kappa shape index (κ3) is 4.86. The van der Waals surface area contributed by atoms with Gasteiger partial charge in [-0.25, -0.2) is 0 Å². The molecule has 0 aliphatic rings. The van der Waals surface area contributed by atoms with Gasteiger partial charge in [0.2, 0.25) is 0 Å². The van der Waals surface area contributed by atoms with E-state index in [0.717, 1.165) is 28.4 Å². The Hall–Kier alpha value is -3.08. The highest BCUT2D eigenvalue weighted by Gasteiger charge is 2.21. The Morgan fingerprint density at radius 1 is 1.07 bits per heavy atom. The zero-order valence-corrected chi connectivity index (χ0v) is 17.8. The van der Waals surface area contributed by atoms with Gasteiger partial charge in [0.25, 0.3) is 5.91 Å². The Balaban J connectivity index is 1.89. The Morgan fingerprint density at radius 3 is 2.28 bits per heavy atom. The van der Waals surface area contributed by atoms with Crippen LogP contribution in [-0.2, 0) is 13.6 Å². The molecular weight excluding hydrogens is 362 g/mol. The minimum atomic E-state index is -0.0470. The first-order valence-electron chi connectivity index (χ1n) is 9.95. The van der Waals surface area contributed by atoms with Crippen molar-refractivity contribution in [2.75, 3.05) is 11.5 Å². The molecule has 0 unspecified atom stereocenters. The summed E-state index contributed by atoms with van der Waals surface area (Å²) in [6.07, 6.45) is 0. The van der Waals surface area contributed by atoms with E-state index in [1.54, 1.807) is 4.90 Å². The minimum Gasteiger partial charge on any atom is -0.493 e. The van der Waals surface area contributed by atoms with Gasteiger partial charge in [-0.05, 0) is 56.2 Å². The number of carbonyl (C=O) groups is 1. The lowest BCUT2D eigenvalue weighted by Crippen LogP contribution is -2.30. The first kappa shape index (κ1) is 20.6. The molecule has 29 heavy (non-hydrogen) atoms. The predicted octanol–water partition coefficient (Wildman–Crippen LogP) is 4.92. The van der Waals surface area contributed by atoms with Crippen molar-refractivity contribution in [3.63, 3.8) is 0 Å². The number of anilines is 1. The molecule has 5 heteroatoms. The molecule has 2 aromatic carbocycles. The quantitative estimate of drug-likeness (QED) is 0.574. The highest BCUT2D eigenvalue weighted by molar-refractivity contribution is 6.06. The molecular formula is C24H29N3O2. The van der Waals surface area contributed by atoms with Crippen molar-refractivity contribution in [3.05, 3.63) is 77.1 Å². The third-order valence-electron chi connectivity index (χ3n) is 4.97. The number of amides is 1. The molecule has 0 radical (unpaired) electrons. The standard InChI is InChI=1S/C24H29N3O2/c1-17(2)16-29-22-13-11-20(12-14-22)24(28)27(21-9-7-6-8-10-21)15-23-18(3)25-26(5)19(23)4/h6-14,17H,15-16H2,1-5H3. The number of benzene rings is 2. The SMILES string of the molecule is Cc1nn(C)c(C)c1CN(C(=O)c1ccc(OCC(C)C)cc1)c1ccccc1. The van der Waals surface area contributed by atoms with E-state index in [1.165, 1.54) is 0 Å². The molecule has 0 bridgehead atoms. The molecule has 0 aliphatic carbocycles. The molecule has 0 atom stereocenters. The van der Waals surface area contributed by atoms with Gasteiger partial charge in [0.15, 0.2) is 0 Å². The van der Waals surface area contributed by atoms with Gasteiger partial charge in [-0.1, -0.05) is 32.0 Å². The second-order valence-electron chi connectivity index (χ2n) is 7.73. The monoisotopic (exact) mass is 391 g/mol. The normalized spacial score (nSPS) is 11.0. The van der Waals surface area contributed by atoms with Gasteiger partial charge in [0.05, 0.1) is 18.8 Å². The van der Waals surface area contributed by atoms with Crippen molar-refractivity contribution >= 4 is 11.6 Å². The van der Waals surface area contributed by atoms with E-state index in [4.69, 9.17) is 4.74 Å². The van der Waals surface area contributed by atoms with Crippen LogP contribution >= 0.6 is 0 Å². The molecule has 0 spiro atoms. The van der Waals surface area contributed by atoms with Crippen molar-refractivity contribution in [1.82, 2.24) is 9.78 Å². The van der Waals surface area contributed by atoms with E-state index in [0.29, 0.717) is 24.6 Å². The highest BCUT2D eigenvalue weighted by Crippen LogP contribution is 2.24. The van der Waals surface area contributed by atoms with E-state index >= 15 is 0 Å². The second-order valence-corrected chi connectivity index (χ2v) is 7.73. The van der Waals surface area contributed by atoms with E-state index in [9.17, 15) is 4.79 Å². The fourth-order valence-electron chi connectivity index (χ4n) is 3.21. The first-order chi connectivity index (χ1) is 13.9. The molecule has 152 valence electrons. The molecule has 0 fully saturated rings. The maximum atomic E-state index is 13.4. The summed E-state index contributed by atoms with van der Waals surface area (Å²) < 4.78 is 7.60. The van der Waals surface area contributed by atoms with E-state index < -0.39 is 0 Å². The van der Waals surface area contributed by atoms with Crippen molar-refractivity contribution < 1.29 is 9.53 Å².